The number of hydrogen-bond acceptors (Lipinski definition) is 3. The monoisotopic (exact) mass is 284 g/mol. The van der Waals surface area contributed by atoms with Gasteiger partial charge in [0, 0.05) is 25.0 Å². The zero-order valence-electron chi connectivity index (χ0n) is 12.0. The third-order valence-electron chi connectivity index (χ3n) is 4.30. The standard InChI is InChI=1S/C15H28N2OS/c18-15(13-7-11-19-12-8-13)17-10-9-16-14-5-3-1-2-4-6-14/h13-14,16H,1-12H2,(H,17,18). The summed E-state index contributed by atoms with van der Waals surface area (Å²) in [7, 11) is 0. The highest BCUT2D eigenvalue weighted by Crippen LogP contribution is 2.22. The normalized spacial score (nSPS) is 22.9. The zero-order chi connectivity index (χ0) is 13.3. The summed E-state index contributed by atoms with van der Waals surface area (Å²) in [5, 5.41) is 6.70. The van der Waals surface area contributed by atoms with Crippen LogP contribution in [0, 0.1) is 5.92 Å². The molecule has 0 spiro atoms. The Bertz CT molecular complexity index is 259. The predicted octanol–water partition coefficient (Wildman–Crippen LogP) is 2.56. The van der Waals surface area contributed by atoms with Crippen molar-refractivity contribution in [3.63, 3.8) is 0 Å². The Hall–Kier alpha value is -0.220. The maximum absolute atomic E-state index is 12.0. The van der Waals surface area contributed by atoms with Gasteiger partial charge in [-0.2, -0.15) is 11.8 Å². The van der Waals surface area contributed by atoms with Crippen molar-refractivity contribution >= 4 is 17.7 Å². The first-order chi connectivity index (χ1) is 9.36. The van der Waals surface area contributed by atoms with Crippen LogP contribution in [0.4, 0.5) is 0 Å². The van der Waals surface area contributed by atoms with Crippen LogP contribution in [0.15, 0.2) is 0 Å². The van der Waals surface area contributed by atoms with Gasteiger partial charge in [-0.15, -0.1) is 0 Å². The molecule has 0 aromatic heterocycles. The molecule has 0 radical (unpaired) electrons. The number of hydrogen-bond donors (Lipinski definition) is 2. The lowest BCUT2D eigenvalue weighted by Gasteiger charge is -2.21. The molecule has 0 unspecified atom stereocenters. The Balaban J connectivity index is 1.54. The van der Waals surface area contributed by atoms with Gasteiger partial charge in [0.05, 0.1) is 0 Å². The molecule has 0 aromatic carbocycles. The minimum Gasteiger partial charge on any atom is -0.355 e. The van der Waals surface area contributed by atoms with Crippen LogP contribution in [0.3, 0.4) is 0 Å². The van der Waals surface area contributed by atoms with E-state index in [9.17, 15) is 4.79 Å². The molecule has 3 nitrogen and oxygen atoms in total. The number of carbonyl (C=O) groups excluding carboxylic acids is 1. The van der Waals surface area contributed by atoms with Crippen LogP contribution in [-0.2, 0) is 4.79 Å². The molecule has 1 amide bonds. The second-order valence-corrected chi connectivity index (χ2v) is 7.05. The molecule has 2 rings (SSSR count). The molecule has 1 saturated heterocycles. The summed E-state index contributed by atoms with van der Waals surface area (Å²) in [6, 6.07) is 0.686. The molecule has 110 valence electrons. The molecule has 0 bridgehead atoms. The highest BCUT2D eigenvalue weighted by Gasteiger charge is 2.20. The van der Waals surface area contributed by atoms with Crippen molar-refractivity contribution in [2.24, 2.45) is 5.92 Å². The van der Waals surface area contributed by atoms with Crippen molar-refractivity contribution in [2.45, 2.75) is 57.4 Å². The molecular weight excluding hydrogens is 256 g/mol. The van der Waals surface area contributed by atoms with Gasteiger partial charge in [0.25, 0.3) is 0 Å². The van der Waals surface area contributed by atoms with E-state index in [4.69, 9.17) is 0 Å². The van der Waals surface area contributed by atoms with Crippen molar-refractivity contribution in [1.82, 2.24) is 10.6 Å². The minimum atomic E-state index is 0.277. The Morgan fingerprint density at radius 3 is 2.32 bits per heavy atom. The molecule has 1 saturated carbocycles. The molecule has 19 heavy (non-hydrogen) atoms. The Morgan fingerprint density at radius 1 is 0.947 bits per heavy atom. The van der Waals surface area contributed by atoms with Crippen molar-refractivity contribution < 1.29 is 4.79 Å². The molecule has 2 aliphatic rings. The molecule has 4 heteroatoms. The lowest BCUT2D eigenvalue weighted by Crippen LogP contribution is -2.39. The summed E-state index contributed by atoms with van der Waals surface area (Å²) in [6.45, 7) is 1.72. The lowest BCUT2D eigenvalue weighted by molar-refractivity contribution is -0.125. The van der Waals surface area contributed by atoms with Crippen LogP contribution in [0.2, 0.25) is 0 Å². The quantitative estimate of drug-likeness (QED) is 0.602. The van der Waals surface area contributed by atoms with Crippen LogP contribution in [0.5, 0.6) is 0 Å². The van der Waals surface area contributed by atoms with Gasteiger partial charge < -0.3 is 10.6 Å². The van der Waals surface area contributed by atoms with Crippen molar-refractivity contribution in [2.75, 3.05) is 24.6 Å². The number of thioether (sulfide) groups is 1. The molecule has 1 aliphatic carbocycles. The average molecular weight is 284 g/mol. The second kappa shape index (κ2) is 8.85. The van der Waals surface area contributed by atoms with Gasteiger partial charge in [-0.25, -0.2) is 0 Å². The van der Waals surface area contributed by atoms with Gasteiger partial charge in [0.15, 0.2) is 0 Å². The summed E-state index contributed by atoms with van der Waals surface area (Å²) in [5.74, 6) is 2.86. The van der Waals surface area contributed by atoms with E-state index < -0.39 is 0 Å². The highest BCUT2D eigenvalue weighted by molar-refractivity contribution is 7.99. The maximum Gasteiger partial charge on any atom is 0.223 e. The molecule has 1 heterocycles. The first-order valence-corrected chi connectivity index (χ1v) is 9.10. The summed E-state index contributed by atoms with van der Waals surface area (Å²) < 4.78 is 0. The first kappa shape index (κ1) is 15.2. The summed E-state index contributed by atoms with van der Waals surface area (Å²) in [6.07, 6.45) is 10.3. The van der Waals surface area contributed by atoms with Gasteiger partial charge in [-0.1, -0.05) is 25.7 Å². The van der Waals surface area contributed by atoms with Gasteiger partial charge >= 0.3 is 0 Å². The third kappa shape index (κ3) is 5.74. The number of amides is 1. The van der Waals surface area contributed by atoms with Gasteiger partial charge in [0.1, 0.15) is 0 Å². The highest BCUT2D eigenvalue weighted by atomic mass is 32.2. The minimum absolute atomic E-state index is 0.277. The van der Waals surface area contributed by atoms with E-state index in [0.29, 0.717) is 6.04 Å². The van der Waals surface area contributed by atoms with Crippen molar-refractivity contribution in [3.05, 3.63) is 0 Å². The fourth-order valence-electron chi connectivity index (χ4n) is 3.05. The zero-order valence-corrected chi connectivity index (χ0v) is 12.8. The lowest BCUT2D eigenvalue weighted by atomic mass is 10.0. The average Bonchev–Trinajstić information content (AvgIpc) is 2.73. The SMILES string of the molecule is O=C(NCCNC1CCCCCC1)C1CCSCC1. The van der Waals surface area contributed by atoms with E-state index in [1.807, 2.05) is 11.8 Å². The van der Waals surface area contributed by atoms with Gasteiger partial charge in [-0.05, 0) is 37.2 Å². The molecule has 0 atom stereocenters. The smallest absolute Gasteiger partial charge is 0.223 e. The summed E-state index contributed by atoms with van der Waals surface area (Å²) >= 11 is 1.97. The Kier molecular flexibility index (Phi) is 7.07. The topological polar surface area (TPSA) is 41.1 Å². The van der Waals surface area contributed by atoms with Gasteiger partial charge in [0.2, 0.25) is 5.91 Å². The van der Waals surface area contributed by atoms with Crippen molar-refractivity contribution in [1.29, 1.82) is 0 Å². The largest absolute Gasteiger partial charge is 0.355 e. The van der Waals surface area contributed by atoms with E-state index in [1.54, 1.807) is 0 Å². The van der Waals surface area contributed by atoms with Crippen molar-refractivity contribution in [3.8, 4) is 0 Å². The summed E-state index contributed by atoms with van der Waals surface area (Å²) in [5.41, 5.74) is 0. The maximum atomic E-state index is 12.0. The van der Waals surface area contributed by atoms with E-state index in [-0.39, 0.29) is 11.8 Å². The van der Waals surface area contributed by atoms with E-state index >= 15 is 0 Å². The van der Waals surface area contributed by atoms with Crippen LogP contribution in [-0.4, -0.2) is 36.5 Å². The third-order valence-corrected chi connectivity index (χ3v) is 5.35. The van der Waals surface area contributed by atoms with E-state index in [0.717, 1.165) is 37.4 Å². The predicted molar refractivity (Wildman–Crippen MR) is 82.6 cm³/mol. The van der Waals surface area contributed by atoms with E-state index in [2.05, 4.69) is 10.6 Å². The molecular formula is C15H28N2OS. The Labute approximate surface area is 121 Å². The number of rotatable bonds is 5. The molecule has 2 fully saturated rings. The van der Waals surface area contributed by atoms with Crippen LogP contribution in [0.1, 0.15) is 51.4 Å². The van der Waals surface area contributed by atoms with Crippen LogP contribution < -0.4 is 10.6 Å². The summed E-state index contributed by atoms with van der Waals surface area (Å²) in [4.78, 5) is 12.0. The van der Waals surface area contributed by atoms with Crippen LogP contribution >= 0.6 is 11.8 Å². The van der Waals surface area contributed by atoms with E-state index in [1.165, 1.54) is 38.5 Å². The first-order valence-electron chi connectivity index (χ1n) is 7.95. The number of nitrogens with one attached hydrogen (secondary N) is 2. The molecule has 0 aromatic rings. The number of carbonyl (C=O) groups is 1. The fourth-order valence-corrected chi connectivity index (χ4v) is 4.16. The Morgan fingerprint density at radius 2 is 1.63 bits per heavy atom. The fraction of sp³-hybridized carbons (Fsp3) is 0.933. The van der Waals surface area contributed by atoms with Crippen LogP contribution in [0.25, 0.3) is 0 Å². The molecule has 1 aliphatic heterocycles. The molecule has 2 N–H and O–H groups in total. The van der Waals surface area contributed by atoms with Gasteiger partial charge in [-0.3, -0.25) is 4.79 Å². The second-order valence-electron chi connectivity index (χ2n) is 5.82.